The van der Waals surface area contributed by atoms with Gasteiger partial charge in [-0.3, -0.25) is 4.90 Å². The molecule has 0 fully saturated rings. The molecule has 3 aromatic rings. The normalized spacial score (nSPS) is 16.2. The van der Waals surface area contributed by atoms with Crippen molar-refractivity contribution >= 4 is 22.6 Å². The van der Waals surface area contributed by atoms with Crippen LogP contribution in [0.25, 0.3) is 11.0 Å². The number of nitrogens with zero attached hydrogens (tertiary/aromatic N) is 1. The molecule has 4 nitrogen and oxygen atoms in total. The van der Waals surface area contributed by atoms with Gasteiger partial charge in [0.25, 0.3) is 0 Å². The van der Waals surface area contributed by atoms with Crippen molar-refractivity contribution in [3.05, 3.63) is 73.8 Å². The Bertz CT molecular complexity index is 1100. The van der Waals surface area contributed by atoms with E-state index in [2.05, 4.69) is 0 Å². The minimum Gasteiger partial charge on any atom is -0.478 e. The van der Waals surface area contributed by atoms with E-state index < -0.39 is 0 Å². The van der Waals surface area contributed by atoms with Gasteiger partial charge < -0.3 is 9.15 Å². The first kappa shape index (κ1) is 16.8. The molecule has 5 rings (SSSR count). The van der Waals surface area contributed by atoms with Gasteiger partial charge in [-0.05, 0) is 49.1 Å². The van der Waals surface area contributed by atoms with E-state index in [9.17, 15) is 9.18 Å². The summed E-state index contributed by atoms with van der Waals surface area (Å²) in [6, 6.07) is 8.58. The monoisotopic (exact) mass is 385 g/mol. The lowest BCUT2D eigenvalue weighted by Crippen LogP contribution is -2.32. The van der Waals surface area contributed by atoms with E-state index >= 15 is 0 Å². The molecule has 0 unspecified atom stereocenters. The van der Waals surface area contributed by atoms with Crippen LogP contribution < -0.4 is 10.4 Å². The maximum atomic E-state index is 14.1. The standard InChI is InChI=1S/C21H17ClFNO3/c22-17-5-2-6-18(23)15(17)9-24-10-16-19(26-11-24)8-7-13-12-3-1-4-14(12)21(25)27-20(13)16/h2,5-8H,1,3-4,9-11H2. The summed E-state index contributed by atoms with van der Waals surface area (Å²) in [5.74, 6) is 0.370. The van der Waals surface area contributed by atoms with Crippen LogP contribution in [-0.4, -0.2) is 11.6 Å². The number of hydrogen-bond acceptors (Lipinski definition) is 4. The molecule has 0 saturated carbocycles. The van der Waals surface area contributed by atoms with Crippen molar-refractivity contribution in [3.8, 4) is 5.75 Å². The van der Waals surface area contributed by atoms with Crippen molar-refractivity contribution in [2.75, 3.05) is 6.73 Å². The third-order valence-corrected chi connectivity index (χ3v) is 5.78. The summed E-state index contributed by atoms with van der Waals surface area (Å²) in [6.07, 6.45) is 2.65. The number of hydrogen-bond donors (Lipinski definition) is 0. The fraction of sp³-hybridized carbons (Fsp3) is 0.286. The topological polar surface area (TPSA) is 42.7 Å². The van der Waals surface area contributed by atoms with Gasteiger partial charge in [0, 0.05) is 34.6 Å². The molecule has 2 heterocycles. The fourth-order valence-electron chi connectivity index (χ4n) is 4.11. The summed E-state index contributed by atoms with van der Waals surface area (Å²) in [5, 5.41) is 1.37. The Morgan fingerprint density at radius 2 is 1.96 bits per heavy atom. The first-order valence-corrected chi connectivity index (χ1v) is 9.38. The van der Waals surface area contributed by atoms with E-state index in [-0.39, 0.29) is 11.4 Å². The number of aryl methyl sites for hydroxylation is 1. The molecule has 0 atom stereocenters. The summed E-state index contributed by atoms with van der Waals surface area (Å²) in [5.41, 5.74) is 3.50. The lowest BCUT2D eigenvalue weighted by Gasteiger charge is -2.29. The van der Waals surface area contributed by atoms with Crippen LogP contribution >= 0.6 is 11.6 Å². The van der Waals surface area contributed by atoms with Gasteiger partial charge in [0.05, 0.1) is 5.56 Å². The highest BCUT2D eigenvalue weighted by molar-refractivity contribution is 6.31. The second kappa shape index (κ2) is 6.36. The molecule has 0 radical (unpaired) electrons. The zero-order valence-corrected chi connectivity index (χ0v) is 15.3. The Kier molecular flexibility index (Phi) is 3.95. The van der Waals surface area contributed by atoms with Gasteiger partial charge in [-0.15, -0.1) is 0 Å². The number of fused-ring (bicyclic) bond motifs is 5. The molecular weight excluding hydrogens is 369 g/mol. The predicted octanol–water partition coefficient (Wildman–Crippen LogP) is 4.43. The van der Waals surface area contributed by atoms with Gasteiger partial charge in [0.15, 0.2) is 0 Å². The van der Waals surface area contributed by atoms with E-state index in [1.165, 1.54) is 6.07 Å². The zero-order chi connectivity index (χ0) is 18.5. The molecule has 0 amide bonds. The number of ether oxygens (including phenoxy) is 1. The molecule has 2 aromatic carbocycles. The fourth-order valence-corrected chi connectivity index (χ4v) is 4.33. The molecule has 6 heteroatoms. The zero-order valence-electron chi connectivity index (χ0n) is 14.6. The molecule has 0 spiro atoms. The van der Waals surface area contributed by atoms with Crippen molar-refractivity contribution in [2.45, 2.75) is 32.4 Å². The van der Waals surface area contributed by atoms with E-state index in [0.717, 1.165) is 41.3 Å². The Hall–Kier alpha value is -2.37. The summed E-state index contributed by atoms with van der Waals surface area (Å²) >= 11 is 6.16. The molecule has 2 aliphatic rings. The maximum absolute atomic E-state index is 14.1. The SMILES string of the molecule is O=c1oc2c3c(ccc2c2c1CCC2)OCN(Cc1c(F)cccc1Cl)C3. The maximum Gasteiger partial charge on any atom is 0.339 e. The van der Waals surface area contributed by atoms with Crippen LogP contribution in [0.2, 0.25) is 5.02 Å². The van der Waals surface area contributed by atoms with Crippen LogP contribution in [0, 0.1) is 5.82 Å². The van der Waals surface area contributed by atoms with Crippen molar-refractivity contribution in [2.24, 2.45) is 0 Å². The van der Waals surface area contributed by atoms with Gasteiger partial charge in [-0.2, -0.15) is 0 Å². The molecule has 1 aromatic heterocycles. The highest BCUT2D eigenvalue weighted by atomic mass is 35.5. The summed E-state index contributed by atoms with van der Waals surface area (Å²) in [7, 11) is 0. The van der Waals surface area contributed by atoms with Gasteiger partial charge >= 0.3 is 5.63 Å². The molecule has 1 aliphatic carbocycles. The third-order valence-electron chi connectivity index (χ3n) is 5.43. The van der Waals surface area contributed by atoms with E-state index in [0.29, 0.717) is 41.7 Å². The van der Waals surface area contributed by atoms with Crippen LogP contribution in [0.3, 0.4) is 0 Å². The van der Waals surface area contributed by atoms with Gasteiger partial charge in [-0.25, -0.2) is 9.18 Å². The Morgan fingerprint density at radius 1 is 1.11 bits per heavy atom. The molecule has 0 saturated heterocycles. The minimum absolute atomic E-state index is 0.252. The van der Waals surface area contributed by atoms with Gasteiger partial charge in [0.2, 0.25) is 0 Å². The van der Waals surface area contributed by atoms with Crippen molar-refractivity contribution in [3.63, 3.8) is 0 Å². The molecule has 0 N–H and O–H groups in total. The van der Waals surface area contributed by atoms with Crippen molar-refractivity contribution < 1.29 is 13.5 Å². The van der Waals surface area contributed by atoms with Crippen molar-refractivity contribution in [1.82, 2.24) is 4.90 Å². The largest absolute Gasteiger partial charge is 0.478 e. The summed E-state index contributed by atoms with van der Waals surface area (Å²) in [4.78, 5) is 14.3. The van der Waals surface area contributed by atoms with Crippen molar-refractivity contribution in [1.29, 1.82) is 0 Å². The molecule has 0 bridgehead atoms. The highest BCUT2D eigenvalue weighted by Crippen LogP contribution is 2.36. The lowest BCUT2D eigenvalue weighted by molar-refractivity contribution is 0.0880. The third kappa shape index (κ3) is 2.73. The molecule has 138 valence electrons. The molecule has 27 heavy (non-hydrogen) atoms. The first-order valence-electron chi connectivity index (χ1n) is 9.00. The minimum atomic E-state index is -0.337. The van der Waals surface area contributed by atoms with Crippen LogP contribution in [0.15, 0.2) is 39.5 Å². The Balaban J connectivity index is 1.56. The van der Waals surface area contributed by atoms with Crippen LogP contribution in [0.5, 0.6) is 5.75 Å². The van der Waals surface area contributed by atoms with Crippen LogP contribution in [-0.2, 0) is 25.9 Å². The quantitative estimate of drug-likeness (QED) is 0.612. The first-order chi connectivity index (χ1) is 13.1. The highest BCUT2D eigenvalue weighted by Gasteiger charge is 2.26. The second-order valence-electron chi connectivity index (χ2n) is 7.08. The number of halogens is 2. The van der Waals surface area contributed by atoms with Crippen LogP contribution in [0.4, 0.5) is 4.39 Å². The summed E-state index contributed by atoms with van der Waals surface area (Å²) in [6.45, 7) is 1.13. The number of rotatable bonds is 2. The molecule has 1 aliphatic heterocycles. The second-order valence-corrected chi connectivity index (χ2v) is 7.49. The predicted molar refractivity (Wildman–Crippen MR) is 101 cm³/mol. The number of benzene rings is 2. The summed E-state index contributed by atoms with van der Waals surface area (Å²) < 4.78 is 25.7. The lowest BCUT2D eigenvalue weighted by atomic mass is 10.0. The van der Waals surface area contributed by atoms with Gasteiger partial charge in [0.1, 0.15) is 23.9 Å². The molecular formula is C21H17ClFNO3. The Morgan fingerprint density at radius 3 is 2.81 bits per heavy atom. The smallest absolute Gasteiger partial charge is 0.339 e. The Labute approximate surface area is 160 Å². The van der Waals surface area contributed by atoms with E-state index in [1.54, 1.807) is 12.1 Å². The van der Waals surface area contributed by atoms with E-state index in [4.69, 9.17) is 20.8 Å². The van der Waals surface area contributed by atoms with Crippen LogP contribution in [0.1, 0.15) is 28.7 Å². The average molecular weight is 386 g/mol. The average Bonchev–Trinajstić information content (AvgIpc) is 3.16. The van der Waals surface area contributed by atoms with Gasteiger partial charge in [-0.1, -0.05) is 17.7 Å². The van der Waals surface area contributed by atoms with E-state index in [1.807, 2.05) is 17.0 Å².